The number of hydrogen-bond donors (Lipinski definition) is 1. The first-order valence-corrected chi connectivity index (χ1v) is 6.08. The van der Waals surface area contributed by atoms with E-state index >= 15 is 0 Å². The summed E-state index contributed by atoms with van der Waals surface area (Å²) < 4.78 is 1.30. The van der Waals surface area contributed by atoms with Crippen molar-refractivity contribution in [3.8, 4) is 0 Å². The third kappa shape index (κ3) is 2.36. The second-order valence-electron chi connectivity index (χ2n) is 4.69. The van der Waals surface area contributed by atoms with Gasteiger partial charge in [0.2, 0.25) is 0 Å². The van der Waals surface area contributed by atoms with Crippen LogP contribution in [-0.4, -0.2) is 15.3 Å². The highest BCUT2D eigenvalue weighted by molar-refractivity contribution is 6.32. The number of aromatic nitrogens is 2. The molecule has 0 atom stereocenters. The van der Waals surface area contributed by atoms with Crippen molar-refractivity contribution in [2.24, 2.45) is 0 Å². The van der Waals surface area contributed by atoms with E-state index in [1.807, 2.05) is 0 Å². The summed E-state index contributed by atoms with van der Waals surface area (Å²) in [5.41, 5.74) is 0.404. The molecule has 0 radical (unpaired) electrons. The number of anilines is 1. The van der Waals surface area contributed by atoms with Gasteiger partial charge in [0.25, 0.3) is 5.56 Å². The summed E-state index contributed by atoms with van der Waals surface area (Å²) >= 11 is 6.05. The van der Waals surface area contributed by atoms with E-state index in [4.69, 9.17) is 11.6 Å². The van der Waals surface area contributed by atoms with Crippen LogP contribution in [0.2, 0.25) is 5.02 Å². The summed E-state index contributed by atoms with van der Waals surface area (Å²) in [5, 5.41) is 7.56. The van der Waals surface area contributed by atoms with Crippen molar-refractivity contribution < 1.29 is 0 Å². The van der Waals surface area contributed by atoms with Gasteiger partial charge in [-0.05, 0) is 26.2 Å². The van der Waals surface area contributed by atoms with Crippen LogP contribution in [0.4, 0.5) is 5.69 Å². The number of nitrogens with zero attached hydrogens (tertiary/aromatic N) is 2. The summed E-state index contributed by atoms with van der Waals surface area (Å²) in [6, 6.07) is 0. The molecule has 1 saturated carbocycles. The van der Waals surface area contributed by atoms with E-state index in [2.05, 4.69) is 23.9 Å². The van der Waals surface area contributed by atoms with E-state index in [1.165, 1.54) is 11.1 Å². The van der Waals surface area contributed by atoms with Crippen LogP contribution < -0.4 is 10.9 Å². The van der Waals surface area contributed by atoms with E-state index in [1.54, 1.807) is 12.3 Å². The first kappa shape index (κ1) is 12.2. The fraction of sp³-hybridized carbons (Fsp3) is 0.500. The molecule has 4 nitrogen and oxygen atoms in total. The molecule has 1 fully saturated rings. The molecule has 0 aromatic carbocycles. The van der Waals surface area contributed by atoms with E-state index < -0.39 is 0 Å². The Morgan fingerprint density at radius 1 is 1.71 bits per heavy atom. The smallest absolute Gasteiger partial charge is 0.287 e. The molecule has 1 aromatic rings. The van der Waals surface area contributed by atoms with Crippen molar-refractivity contribution >= 4 is 17.3 Å². The van der Waals surface area contributed by atoms with Crippen molar-refractivity contribution in [1.82, 2.24) is 9.78 Å². The van der Waals surface area contributed by atoms with Gasteiger partial charge in [-0.15, -0.1) is 6.58 Å². The van der Waals surface area contributed by atoms with Crippen molar-refractivity contribution in [1.29, 1.82) is 0 Å². The summed E-state index contributed by atoms with van der Waals surface area (Å²) in [5.74, 6) is 0. The minimum Gasteiger partial charge on any atom is -0.377 e. The van der Waals surface area contributed by atoms with Gasteiger partial charge in [-0.2, -0.15) is 5.10 Å². The quantitative estimate of drug-likeness (QED) is 0.839. The van der Waals surface area contributed by atoms with Crippen molar-refractivity contribution in [3.63, 3.8) is 0 Å². The van der Waals surface area contributed by atoms with Gasteiger partial charge in [-0.1, -0.05) is 17.7 Å². The van der Waals surface area contributed by atoms with Gasteiger partial charge in [0.15, 0.2) is 0 Å². The lowest BCUT2D eigenvalue weighted by Crippen LogP contribution is -2.42. The lowest BCUT2D eigenvalue weighted by molar-refractivity contribution is 0.306. The summed E-state index contributed by atoms with van der Waals surface area (Å²) in [6.45, 7) is 6.07. The summed E-state index contributed by atoms with van der Waals surface area (Å²) in [7, 11) is 0. The highest BCUT2D eigenvalue weighted by Crippen LogP contribution is 2.35. The molecule has 0 aliphatic heterocycles. The Kier molecular flexibility index (Phi) is 3.24. The van der Waals surface area contributed by atoms with E-state index in [0.717, 1.165) is 12.8 Å². The van der Waals surface area contributed by atoms with Crippen LogP contribution in [0.1, 0.15) is 26.2 Å². The normalized spacial score (nSPS) is 17.3. The molecule has 1 aliphatic rings. The molecule has 1 aromatic heterocycles. The van der Waals surface area contributed by atoms with Crippen LogP contribution in [0.5, 0.6) is 0 Å². The van der Waals surface area contributed by atoms with Gasteiger partial charge in [0, 0.05) is 5.54 Å². The maximum atomic E-state index is 11.9. The maximum absolute atomic E-state index is 11.9. The van der Waals surface area contributed by atoms with E-state index in [-0.39, 0.29) is 16.1 Å². The van der Waals surface area contributed by atoms with Crippen molar-refractivity contribution in [3.05, 3.63) is 34.2 Å². The summed E-state index contributed by atoms with van der Waals surface area (Å²) in [6.07, 6.45) is 6.63. The van der Waals surface area contributed by atoms with Gasteiger partial charge < -0.3 is 5.32 Å². The maximum Gasteiger partial charge on any atom is 0.287 e. The Labute approximate surface area is 105 Å². The van der Waals surface area contributed by atoms with Gasteiger partial charge >= 0.3 is 0 Å². The number of halogens is 1. The Morgan fingerprint density at radius 3 is 2.94 bits per heavy atom. The Hall–Kier alpha value is -1.29. The van der Waals surface area contributed by atoms with E-state index in [9.17, 15) is 4.79 Å². The predicted molar refractivity (Wildman–Crippen MR) is 69.6 cm³/mol. The average Bonchev–Trinajstić information content (AvgIpc) is 2.27. The van der Waals surface area contributed by atoms with Crippen LogP contribution in [0.3, 0.4) is 0 Å². The molecule has 17 heavy (non-hydrogen) atoms. The molecule has 1 heterocycles. The molecule has 0 amide bonds. The molecule has 92 valence electrons. The highest BCUT2D eigenvalue weighted by Gasteiger charge is 2.32. The largest absolute Gasteiger partial charge is 0.377 e. The second-order valence-corrected chi connectivity index (χ2v) is 5.07. The minimum atomic E-state index is -0.278. The number of hydrogen-bond acceptors (Lipinski definition) is 3. The number of nitrogens with one attached hydrogen (secondary N) is 1. The average molecular weight is 254 g/mol. The van der Waals surface area contributed by atoms with Gasteiger partial charge in [-0.25, -0.2) is 4.68 Å². The van der Waals surface area contributed by atoms with Crippen LogP contribution in [0, 0.1) is 0 Å². The topological polar surface area (TPSA) is 46.9 Å². The molecule has 1 N–H and O–H groups in total. The Morgan fingerprint density at radius 2 is 2.41 bits per heavy atom. The lowest BCUT2D eigenvalue weighted by atomic mass is 9.78. The minimum absolute atomic E-state index is 0.0579. The zero-order valence-electron chi connectivity index (χ0n) is 9.87. The molecule has 0 saturated heterocycles. The molecule has 2 rings (SSSR count). The molecule has 0 bridgehead atoms. The zero-order chi connectivity index (χ0) is 12.5. The SMILES string of the molecule is C=CCn1ncc(NC2(C)CCC2)c(Cl)c1=O. The zero-order valence-corrected chi connectivity index (χ0v) is 10.6. The third-order valence-electron chi connectivity index (χ3n) is 3.18. The van der Waals surface area contributed by atoms with Crippen molar-refractivity contribution in [2.45, 2.75) is 38.3 Å². The molecule has 0 unspecified atom stereocenters. The van der Waals surface area contributed by atoms with Gasteiger partial charge in [-0.3, -0.25) is 4.79 Å². The van der Waals surface area contributed by atoms with Crippen LogP contribution in [0.25, 0.3) is 0 Å². The molecule has 5 heteroatoms. The fourth-order valence-corrected chi connectivity index (χ4v) is 2.16. The molecular weight excluding hydrogens is 238 g/mol. The highest BCUT2D eigenvalue weighted by atomic mass is 35.5. The van der Waals surface area contributed by atoms with E-state index in [0.29, 0.717) is 12.2 Å². The first-order chi connectivity index (χ1) is 8.06. The lowest BCUT2D eigenvalue weighted by Gasteiger charge is -2.40. The summed E-state index contributed by atoms with van der Waals surface area (Å²) in [4.78, 5) is 11.9. The molecular formula is C12H16ClN3O. The monoisotopic (exact) mass is 253 g/mol. The van der Waals surface area contributed by atoms with Crippen LogP contribution >= 0.6 is 11.6 Å². The van der Waals surface area contributed by atoms with Gasteiger partial charge in [0.1, 0.15) is 5.02 Å². The molecule has 1 aliphatic carbocycles. The van der Waals surface area contributed by atoms with Crippen molar-refractivity contribution in [2.75, 3.05) is 5.32 Å². The van der Waals surface area contributed by atoms with Crippen LogP contribution in [-0.2, 0) is 6.54 Å². The standard InChI is InChI=1S/C12H16ClN3O/c1-3-7-16-11(17)10(13)9(8-14-16)15-12(2)5-4-6-12/h3,8,15H,1,4-7H2,2H3. The second kappa shape index (κ2) is 4.53. The third-order valence-corrected chi connectivity index (χ3v) is 3.55. The van der Waals surface area contributed by atoms with Gasteiger partial charge in [0.05, 0.1) is 18.4 Å². The number of allylic oxidation sites excluding steroid dienone is 1. The number of rotatable bonds is 4. The Balaban J connectivity index is 2.27. The first-order valence-electron chi connectivity index (χ1n) is 5.70. The fourth-order valence-electron chi connectivity index (χ4n) is 1.96. The van der Waals surface area contributed by atoms with Crippen LogP contribution in [0.15, 0.2) is 23.6 Å². The molecule has 0 spiro atoms. The predicted octanol–water partition coefficient (Wildman–Crippen LogP) is 2.44. The Bertz CT molecular complexity index is 491.